The van der Waals surface area contributed by atoms with E-state index in [0.717, 1.165) is 24.5 Å². The molecule has 154 valence electrons. The van der Waals surface area contributed by atoms with Gasteiger partial charge in [-0.2, -0.15) is 0 Å². The monoisotopic (exact) mass is 419 g/mol. The Morgan fingerprint density at radius 3 is 2.59 bits per heavy atom. The molecule has 1 saturated heterocycles. The standard InChI is InChI=1S/C20H21NO7S/c1-12-2-5-17-15(8-12)16(22)9-18(28-17)20(24)27-10-19(23)21(13-3-4-13)14-6-7-29(25,26)11-14/h2,5,8-9,13-14H,3-4,6-7,10-11H2,1H3/t14-/m0/s1. The summed E-state index contributed by atoms with van der Waals surface area (Å²) in [6, 6.07) is 5.71. The number of aryl methyl sites for hydroxylation is 1. The van der Waals surface area contributed by atoms with Gasteiger partial charge in [-0.1, -0.05) is 11.6 Å². The zero-order chi connectivity index (χ0) is 20.8. The van der Waals surface area contributed by atoms with Crippen LogP contribution in [0.1, 0.15) is 35.4 Å². The number of nitrogens with zero attached hydrogens (tertiary/aromatic N) is 1. The number of carbonyl (C=O) groups excluding carboxylic acids is 2. The molecule has 9 heteroatoms. The van der Waals surface area contributed by atoms with Crippen LogP contribution in [0, 0.1) is 6.92 Å². The lowest BCUT2D eigenvalue weighted by Gasteiger charge is -2.28. The van der Waals surface area contributed by atoms with Crippen LogP contribution in [0.4, 0.5) is 0 Å². The molecule has 0 unspecified atom stereocenters. The highest BCUT2D eigenvalue weighted by Gasteiger charge is 2.42. The molecule has 2 fully saturated rings. The zero-order valence-electron chi connectivity index (χ0n) is 15.9. The molecule has 2 heterocycles. The van der Waals surface area contributed by atoms with Crippen molar-refractivity contribution in [1.82, 2.24) is 4.90 Å². The van der Waals surface area contributed by atoms with E-state index in [0.29, 0.717) is 11.8 Å². The Balaban J connectivity index is 1.46. The Hall–Kier alpha value is -2.68. The number of sulfone groups is 1. The van der Waals surface area contributed by atoms with Crippen molar-refractivity contribution in [2.24, 2.45) is 0 Å². The predicted octanol–water partition coefficient (Wildman–Crippen LogP) is 1.44. The summed E-state index contributed by atoms with van der Waals surface area (Å²) in [5.41, 5.74) is 0.779. The van der Waals surface area contributed by atoms with E-state index >= 15 is 0 Å². The van der Waals surface area contributed by atoms with E-state index in [9.17, 15) is 22.8 Å². The Labute approximate surface area is 167 Å². The molecule has 0 bridgehead atoms. The lowest BCUT2D eigenvalue weighted by molar-refractivity contribution is -0.137. The van der Waals surface area contributed by atoms with Crippen LogP contribution in [0.15, 0.2) is 33.5 Å². The molecule has 0 spiro atoms. The fourth-order valence-electron chi connectivity index (χ4n) is 3.70. The fourth-order valence-corrected chi connectivity index (χ4v) is 5.41. The zero-order valence-corrected chi connectivity index (χ0v) is 16.7. The molecule has 4 rings (SSSR count). The van der Waals surface area contributed by atoms with E-state index in [-0.39, 0.29) is 40.4 Å². The highest BCUT2D eigenvalue weighted by molar-refractivity contribution is 7.91. The molecule has 1 aromatic heterocycles. The number of hydrogen-bond acceptors (Lipinski definition) is 7. The molecule has 0 radical (unpaired) electrons. The van der Waals surface area contributed by atoms with Crippen LogP contribution in [0.2, 0.25) is 0 Å². The SMILES string of the molecule is Cc1ccc2oc(C(=O)OCC(=O)N(C3CC3)[C@H]3CCS(=O)(=O)C3)cc(=O)c2c1. The Morgan fingerprint density at radius 1 is 1.17 bits per heavy atom. The molecule has 8 nitrogen and oxygen atoms in total. The maximum atomic E-state index is 12.6. The normalized spacial score (nSPS) is 20.5. The Bertz CT molecular complexity index is 1150. The first-order valence-corrected chi connectivity index (χ1v) is 11.3. The van der Waals surface area contributed by atoms with Crippen LogP contribution < -0.4 is 5.43 Å². The highest BCUT2D eigenvalue weighted by atomic mass is 32.2. The molecular formula is C20H21NO7S. The van der Waals surface area contributed by atoms with Crippen molar-refractivity contribution in [3.8, 4) is 0 Å². The van der Waals surface area contributed by atoms with Gasteiger partial charge in [-0.15, -0.1) is 0 Å². The van der Waals surface area contributed by atoms with Crippen LogP contribution in [-0.2, 0) is 19.4 Å². The van der Waals surface area contributed by atoms with Gasteiger partial charge in [0.1, 0.15) is 5.58 Å². The number of amides is 1. The van der Waals surface area contributed by atoms with Gasteiger partial charge in [-0.05, 0) is 38.3 Å². The molecule has 2 aliphatic rings. The van der Waals surface area contributed by atoms with E-state index in [1.165, 1.54) is 0 Å². The fraction of sp³-hybridized carbons (Fsp3) is 0.450. The van der Waals surface area contributed by atoms with E-state index in [1.807, 2.05) is 6.92 Å². The van der Waals surface area contributed by atoms with E-state index in [4.69, 9.17) is 9.15 Å². The minimum absolute atomic E-state index is 0.00124. The first kappa shape index (κ1) is 19.6. The lowest BCUT2D eigenvalue weighted by atomic mass is 10.1. The number of carbonyl (C=O) groups is 2. The van der Waals surface area contributed by atoms with Gasteiger partial charge in [-0.3, -0.25) is 9.59 Å². The Kier molecular flexibility index (Phi) is 4.94. The average Bonchev–Trinajstić information content (AvgIpc) is 3.43. The number of benzene rings is 1. The van der Waals surface area contributed by atoms with Crippen molar-refractivity contribution >= 4 is 32.7 Å². The van der Waals surface area contributed by atoms with Gasteiger partial charge in [0.2, 0.25) is 5.76 Å². The number of rotatable bonds is 5. The molecule has 1 aliphatic carbocycles. The minimum atomic E-state index is -3.13. The number of esters is 1. The quantitative estimate of drug-likeness (QED) is 0.674. The van der Waals surface area contributed by atoms with Crippen molar-refractivity contribution in [3.05, 3.63) is 45.8 Å². The first-order chi connectivity index (χ1) is 13.7. The van der Waals surface area contributed by atoms with Gasteiger partial charge in [0.15, 0.2) is 21.9 Å². The second-order valence-electron chi connectivity index (χ2n) is 7.64. The third-order valence-electron chi connectivity index (χ3n) is 5.24. The highest BCUT2D eigenvalue weighted by Crippen LogP contribution is 2.32. The third kappa shape index (κ3) is 4.19. The molecule has 0 N–H and O–H groups in total. The largest absolute Gasteiger partial charge is 0.450 e. The molecule has 29 heavy (non-hydrogen) atoms. The molecule has 2 aromatic rings. The van der Waals surface area contributed by atoms with E-state index in [2.05, 4.69) is 0 Å². The second kappa shape index (κ2) is 7.29. The van der Waals surface area contributed by atoms with Crippen molar-refractivity contribution in [2.45, 2.75) is 38.3 Å². The summed E-state index contributed by atoms with van der Waals surface area (Å²) in [6.07, 6.45) is 2.03. The smallest absolute Gasteiger partial charge is 0.374 e. The molecule has 1 aliphatic heterocycles. The van der Waals surface area contributed by atoms with Gasteiger partial charge < -0.3 is 14.1 Å². The van der Waals surface area contributed by atoms with Crippen molar-refractivity contribution in [1.29, 1.82) is 0 Å². The lowest BCUT2D eigenvalue weighted by Crippen LogP contribution is -2.44. The number of fused-ring (bicyclic) bond motifs is 1. The number of ether oxygens (including phenoxy) is 1. The van der Waals surface area contributed by atoms with Crippen molar-refractivity contribution in [2.75, 3.05) is 18.1 Å². The summed E-state index contributed by atoms with van der Waals surface area (Å²) in [5.74, 6) is -1.60. The van der Waals surface area contributed by atoms with Crippen LogP contribution in [0.3, 0.4) is 0 Å². The maximum absolute atomic E-state index is 12.6. The molecule has 1 amide bonds. The van der Waals surface area contributed by atoms with Gasteiger partial charge in [0.05, 0.1) is 16.9 Å². The second-order valence-corrected chi connectivity index (χ2v) is 9.87. The average molecular weight is 419 g/mol. The van der Waals surface area contributed by atoms with Gasteiger partial charge in [0, 0.05) is 18.2 Å². The van der Waals surface area contributed by atoms with Gasteiger partial charge in [-0.25, -0.2) is 13.2 Å². The van der Waals surface area contributed by atoms with E-state index < -0.39 is 28.3 Å². The summed E-state index contributed by atoms with van der Waals surface area (Å²) in [4.78, 5) is 38.7. The van der Waals surface area contributed by atoms with Crippen LogP contribution in [-0.4, -0.2) is 55.4 Å². The summed E-state index contributed by atoms with van der Waals surface area (Å²) >= 11 is 0. The van der Waals surface area contributed by atoms with Crippen LogP contribution in [0.25, 0.3) is 11.0 Å². The summed E-state index contributed by atoms with van der Waals surface area (Å²) in [6.45, 7) is 1.31. The van der Waals surface area contributed by atoms with Gasteiger partial charge >= 0.3 is 5.97 Å². The number of hydrogen-bond donors (Lipinski definition) is 0. The third-order valence-corrected chi connectivity index (χ3v) is 6.99. The molecule has 1 saturated carbocycles. The summed E-state index contributed by atoms with van der Waals surface area (Å²) in [5, 5.41) is 0.361. The minimum Gasteiger partial charge on any atom is -0.450 e. The van der Waals surface area contributed by atoms with Crippen LogP contribution in [0.5, 0.6) is 0 Å². The van der Waals surface area contributed by atoms with Crippen molar-refractivity contribution in [3.63, 3.8) is 0 Å². The predicted molar refractivity (Wildman–Crippen MR) is 104 cm³/mol. The molecule has 1 aromatic carbocycles. The molecule has 1 atom stereocenters. The summed E-state index contributed by atoms with van der Waals surface area (Å²) in [7, 11) is -3.13. The summed E-state index contributed by atoms with van der Waals surface area (Å²) < 4.78 is 34.0. The van der Waals surface area contributed by atoms with Crippen LogP contribution >= 0.6 is 0 Å². The van der Waals surface area contributed by atoms with Gasteiger partial charge in [0.25, 0.3) is 5.91 Å². The molecular weight excluding hydrogens is 398 g/mol. The van der Waals surface area contributed by atoms with Crippen molar-refractivity contribution < 1.29 is 27.2 Å². The van der Waals surface area contributed by atoms with E-state index in [1.54, 1.807) is 23.1 Å². The first-order valence-electron chi connectivity index (χ1n) is 9.47. The maximum Gasteiger partial charge on any atom is 0.374 e. The topological polar surface area (TPSA) is 111 Å². The Morgan fingerprint density at radius 2 is 1.93 bits per heavy atom.